The summed E-state index contributed by atoms with van der Waals surface area (Å²) in [7, 11) is -1.94. The lowest BCUT2D eigenvalue weighted by Gasteiger charge is -2.19. The largest absolute Gasteiger partial charge is 0.497 e. The van der Waals surface area contributed by atoms with Gasteiger partial charge in [0.2, 0.25) is 10.0 Å². The van der Waals surface area contributed by atoms with Gasteiger partial charge in [0.25, 0.3) is 0 Å². The molecule has 0 N–H and O–H groups in total. The molecule has 7 nitrogen and oxygen atoms in total. The van der Waals surface area contributed by atoms with Crippen molar-refractivity contribution in [3.05, 3.63) is 82.9 Å². The predicted octanol–water partition coefficient (Wildman–Crippen LogP) is 3.40. The molecular formula is C24H29N3O4S. The number of sulfonamides is 1. The van der Waals surface area contributed by atoms with E-state index in [2.05, 4.69) is 9.55 Å². The number of rotatable bonds is 10. The van der Waals surface area contributed by atoms with Gasteiger partial charge in [0.05, 0.1) is 32.1 Å². The van der Waals surface area contributed by atoms with Gasteiger partial charge in [-0.05, 0) is 56.2 Å². The van der Waals surface area contributed by atoms with Crippen LogP contribution in [0.1, 0.15) is 33.0 Å². The standard InChI is InChI=1S/C24H29N3O4S/c1-18-15-23(19(2)27(18)14-12-20-8-10-22(31-3)11-9-20)24(28)17-26(32(4,29)30)16-21-7-5-6-13-25-21/h5-11,13,15H,12,14,16-17H2,1-4H3. The maximum absolute atomic E-state index is 13.1. The molecule has 0 fully saturated rings. The van der Waals surface area contributed by atoms with Gasteiger partial charge in [0, 0.05) is 29.7 Å². The zero-order valence-electron chi connectivity index (χ0n) is 18.9. The maximum Gasteiger partial charge on any atom is 0.211 e. The summed E-state index contributed by atoms with van der Waals surface area (Å²) in [6.45, 7) is 4.42. The summed E-state index contributed by atoms with van der Waals surface area (Å²) in [5, 5.41) is 0. The van der Waals surface area contributed by atoms with E-state index in [4.69, 9.17) is 4.74 Å². The van der Waals surface area contributed by atoms with Gasteiger partial charge in [-0.1, -0.05) is 18.2 Å². The summed E-state index contributed by atoms with van der Waals surface area (Å²) in [5.41, 5.74) is 4.12. The van der Waals surface area contributed by atoms with Crippen LogP contribution in [0.25, 0.3) is 0 Å². The maximum atomic E-state index is 13.1. The van der Waals surface area contributed by atoms with E-state index < -0.39 is 10.0 Å². The molecule has 0 aliphatic rings. The predicted molar refractivity (Wildman–Crippen MR) is 124 cm³/mol. The molecule has 170 valence electrons. The molecule has 1 aromatic carbocycles. The van der Waals surface area contributed by atoms with E-state index in [0.717, 1.165) is 36.4 Å². The molecule has 0 radical (unpaired) electrons. The zero-order chi connectivity index (χ0) is 23.3. The molecule has 0 spiro atoms. The van der Waals surface area contributed by atoms with Crippen LogP contribution in [-0.4, -0.2) is 48.0 Å². The van der Waals surface area contributed by atoms with E-state index in [0.29, 0.717) is 11.3 Å². The first-order valence-electron chi connectivity index (χ1n) is 10.4. The van der Waals surface area contributed by atoms with Crippen molar-refractivity contribution in [2.45, 2.75) is 33.4 Å². The summed E-state index contributed by atoms with van der Waals surface area (Å²) in [4.78, 5) is 17.3. The average molecular weight is 456 g/mol. The zero-order valence-corrected chi connectivity index (χ0v) is 19.7. The smallest absolute Gasteiger partial charge is 0.211 e. The number of methoxy groups -OCH3 is 1. The Labute approximate surface area is 189 Å². The molecule has 0 aliphatic heterocycles. The Bertz CT molecular complexity index is 1170. The van der Waals surface area contributed by atoms with Gasteiger partial charge in [-0.15, -0.1) is 0 Å². The van der Waals surface area contributed by atoms with Crippen LogP contribution in [0.15, 0.2) is 54.7 Å². The van der Waals surface area contributed by atoms with Crippen LogP contribution in [0.3, 0.4) is 0 Å². The Morgan fingerprint density at radius 2 is 1.84 bits per heavy atom. The second kappa shape index (κ2) is 10.1. The minimum atomic E-state index is -3.58. The highest BCUT2D eigenvalue weighted by molar-refractivity contribution is 7.88. The number of Topliss-reactive ketones (excluding diaryl/α,β-unsaturated/α-hetero) is 1. The fraction of sp³-hybridized carbons (Fsp3) is 0.333. The molecule has 0 unspecified atom stereocenters. The number of nitrogens with zero attached hydrogens (tertiary/aromatic N) is 3. The molecule has 8 heteroatoms. The van der Waals surface area contributed by atoms with Crippen molar-refractivity contribution in [1.82, 2.24) is 13.9 Å². The number of hydrogen-bond acceptors (Lipinski definition) is 5. The quantitative estimate of drug-likeness (QED) is 0.438. The number of carbonyl (C=O) groups excluding carboxylic acids is 1. The van der Waals surface area contributed by atoms with Crippen molar-refractivity contribution in [2.24, 2.45) is 0 Å². The van der Waals surface area contributed by atoms with Crippen LogP contribution in [0.4, 0.5) is 0 Å². The van der Waals surface area contributed by atoms with E-state index in [1.54, 1.807) is 31.5 Å². The first-order chi connectivity index (χ1) is 15.2. The third-order valence-electron chi connectivity index (χ3n) is 5.51. The van der Waals surface area contributed by atoms with E-state index in [9.17, 15) is 13.2 Å². The van der Waals surface area contributed by atoms with Crippen LogP contribution in [-0.2, 0) is 29.5 Å². The molecule has 0 bridgehead atoms. The number of pyridine rings is 1. The molecule has 3 rings (SSSR count). The van der Waals surface area contributed by atoms with Gasteiger partial charge in [0.1, 0.15) is 5.75 Å². The number of ether oxygens (including phenoxy) is 1. The van der Waals surface area contributed by atoms with E-state index in [-0.39, 0.29) is 18.9 Å². The topological polar surface area (TPSA) is 81.5 Å². The SMILES string of the molecule is COc1ccc(CCn2c(C)cc(C(=O)CN(Cc3ccccn3)S(C)(=O)=O)c2C)cc1. The summed E-state index contributed by atoms with van der Waals surface area (Å²) in [5.74, 6) is 0.589. The number of carbonyl (C=O) groups is 1. The third-order valence-corrected chi connectivity index (χ3v) is 6.71. The fourth-order valence-corrected chi connectivity index (χ4v) is 4.39. The Hall–Kier alpha value is -2.97. The molecule has 32 heavy (non-hydrogen) atoms. The molecule has 3 aromatic rings. The van der Waals surface area contributed by atoms with E-state index in [1.165, 1.54) is 9.87 Å². The first kappa shape index (κ1) is 23.7. The Balaban J connectivity index is 1.74. The Morgan fingerprint density at radius 3 is 2.44 bits per heavy atom. The van der Waals surface area contributed by atoms with Gasteiger partial charge in [-0.2, -0.15) is 4.31 Å². The average Bonchev–Trinajstić information content (AvgIpc) is 3.05. The number of aryl methyl sites for hydroxylation is 2. The van der Waals surface area contributed by atoms with Crippen molar-refractivity contribution in [1.29, 1.82) is 0 Å². The highest BCUT2D eigenvalue weighted by Gasteiger charge is 2.24. The lowest BCUT2D eigenvalue weighted by atomic mass is 10.1. The second-order valence-corrected chi connectivity index (χ2v) is 9.79. The molecule has 0 atom stereocenters. The minimum absolute atomic E-state index is 0.0572. The lowest BCUT2D eigenvalue weighted by Crippen LogP contribution is -2.34. The molecule has 0 saturated heterocycles. The highest BCUT2D eigenvalue weighted by Crippen LogP contribution is 2.19. The van der Waals surface area contributed by atoms with Crippen LogP contribution >= 0.6 is 0 Å². The minimum Gasteiger partial charge on any atom is -0.497 e. The summed E-state index contributed by atoms with van der Waals surface area (Å²) < 4.78 is 33.1. The Morgan fingerprint density at radius 1 is 1.12 bits per heavy atom. The lowest BCUT2D eigenvalue weighted by molar-refractivity contribution is 0.0964. The van der Waals surface area contributed by atoms with Gasteiger partial charge < -0.3 is 9.30 Å². The number of ketones is 1. The summed E-state index contributed by atoms with van der Waals surface area (Å²) >= 11 is 0. The van der Waals surface area contributed by atoms with Crippen molar-refractivity contribution in [3.8, 4) is 5.75 Å². The molecule has 0 saturated carbocycles. The van der Waals surface area contributed by atoms with Crippen molar-refractivity contribution < 1.29 is 17.9 Å². The van der Waals surface area contributed by atoms with Crippen LogP contribution in [0.2, 0.25) is 0 Å². The van der Waals surface area contributed by atoms with Crippen molar-refractivity contribution in [2.75, 3.05) is 19.9 Å². The Kier molecular flexibility index (Phi) is 7.48. The van der Waals surface area contributed by atoms with Gasteiger partial charge in [-0.25, -0.2) is 8.42 Å². The molecule has 0 aliphatic carbocycles. The van der Waals surface area contributed by atoms with E-state index >= 15 is 0 Å². The molecule has 2 aromatic heterocycles. The monoisotopic (exact) mass is 455 g/mol. The van der Waals surface area contributed by atoms with Crippen molar-refractivity contribution >= 4 is 15.8 Å². The molecule has 2 heterocycles. The third kappa shape index (κ3) is 5.83. The van der Waals surface area contributed by atoms with Crippen LogP contribution < -0.4 is 4.74 Å². The van der Waals surface area contributed by atoms with Crippen LogP contribution in [0, 0.1) is 13.8 Å². The fourth-order valence-electron chi connectivity index (χ4n) is 3.67. The van der Waals surface area contributed by atoms with Crippen LogP contribution in [0.5, 0.6) is 5.75 Å². The summed E-state index contributed by atoms with van der Waals surface area (Å²) in [6.07, 6.45) is 3.53. The summed E-state index contributed by atoms with van der Waals surface area (Å²) in [6, 6.07) is 15.1. The second-order valence-electron chi connectivity index (χ2n) is 7.81. The number of aromatic nitrogens is 2. The highest BCUT2D eigenvalue weighted by atomic mass is 32.2. The van der Waals surface area contributed by atoms with Gasteiger partial charge in [-0.3, -0.25) is 9.78 Å². The number of hydrogen-bond donors (Lipinski definition) is 0. The normalized spacial score (nSPS) is 11.7. The first-order valence-corrected chi connectivity index (χ1v) is 12.2. The molecule has 0 amide bonds. The van der Waals surface area contributed by atoms with Gasteiger partial charge in [0.15, 0.2) is 5.78 Å². The molecular weight excluding hydrogens is 426 g/mol. The van der Waals surface area contributed by atoms with Gasteiger partial charge >= 0.3 is 0 Å². The van der Waals surface area contributed by atoms with E-state index in [1.807, 2.05) is 44.2 Å². The van der Waals surface area contributed by atoms with Crippen molar-refractivity contribution in [3.63, 3.8) is 0 Å². The number of benzene rings is 1.